The lowest BCUT2D eigenvalue weighted by Crippen LogP contribution is -2.64. The second-order valence-corrected chi connectivity index (χ2v) is 17.8. The minimum atomic E-state index is -1.75. The molecule has 0 saturated carbocycles. The first kappa shape index (κ1) is 70.1. The summed E-state index contributed by atoms with van der Waals surface area (Å²) in [4.78, 5) is 88.9. The average molecular weight is 1160 g/mol. The van der Waals surface area contributed by atoms with Gasteiger partial charge in [0.25, 0.3) is 0 Å². The van der Waals surface area contributed by atoms with Crippen molar-refractivity contribution in [1.29, 1.82) is 10.8 Å². The number of aliphatic carboxylic acids is 2. The van der Waals surface area contributed by atoms with Crippen LogP contribution < -0.4 is 43.4 Å². The molecule has 0 aromatic rings. The maximum Gasteiger partial charge on any atom is 0.370 e. The molecule has 0 unspecified atom stereocenters. The Kier molecular flexibility index (Phi) is 34.1. The van der Waals surface area contributed by atoms with Gasteiger partial charge in [0, 0.05) is 40.0 Å². The van der Waals surface area contributed by atoms with Gasteiger partial charge in [0.1, 0.15) is 44.2 Å². The highest BCUT2D eigenvalue weighted by Crippen LogP contribution is 2.26. The molecule has 458 valence electrons. The molecule has 5 amide bonds. The van der Waals surface area contributed by atoms with Crippen molar-refractivity contribution in [3.05, 3.63) is 23.7 Å². The number of carbonyl (C=O) groups is 7. The van der Waals surface area contributed by atoms with Gasteiger partial charge >= 0.3 is 11.9 Å². The molecule has 2 rings (SSSR count). The SMILES string of the molecule is C#CCOCCOCCOCCOCCC(=O)N(CCCCNC(=O)CO[C@@H]([C@@H]1OC(C(=O)O)=C[C@H](NC(=N)N)[C@H]1NC(C)=O)[C@H](O)CO)CCOCCNC(=O)CO[C@@H]([C@@H]1OC(C(=O)O)=C[C@H](NC(=N)N)[C@H]1NC(C)=O)[C@H](O)CO. The standard InChI is InChI=1S/C48H79N11O22/c1-4-12-73-16-18-76-20-21-77-19-17-74-13-7-38(68)59(10-6-5-8-53-36(66)26-78-41(32(64)24-60)43-39(55-28(2)62)30(57-47(49)50)22-34(80-43)45(69)70)11-15-75-14-9-54-37(67)27-79-42(33(65)25-61)44-40(56-29(3)63)31(58-48(51)52)23-35(81-44)46(71)72/h1,22-23,30-33,39-44,60-61,64-65H,5-21,24-27H2,2-3H3,(H,53,66)(H,54,67)(H,55,62)(H,56,63)(H,69,70)(H,71,72)(H4,49,50,57)(H4,51,52,58)/t30-,31-,32+,33+,39+,40+,41+,42+,43+,44+/m0/s1. The van der Waals surface area contributed by atoms with E-state index in [2.05, 4.69) is 37.8 Å². The van der Waals surface area contributed by atoms with Gasteiger partial charge in [-0.2, -0.15) is 0 Å². The van der Waals surface area contributed by atoms with Crippen LogP contribution in [0.2, 0.25) is 0 Å². The maximum absolute atomic E-state index is 13.4. The molecule has 0 radical (unpaired) electrons. The molecule has 0 saturated heterocycles. The number of hydrogen-bond acceptors (Lipinski definition) is 22. The third kappa shape index (κ3) is 27.8. The van der Waals surface area contributed by atoms with Crippen LogP contribution >= 0.6 is 0 Å². The highest BCUT2D eigenvalue weighted by atomic mass is 16.6. The summed E-state index contributed by atoms with van der Waals surface area (Å²) in [5, 5.41) is 91.0. The second kappa shape index (κ2) is 39.4. The fourth-order valence-electron chi connectivity index (χ4n) is 7.85. The van der Waals surface area contributed by atoms with Gasteiger partial charge in [0.05, 0.1) is 103 Å². The smallest absolute Gasteiger partial charge is 0.370 e. The van der Waals surface area contributed by atoms with Crippen LogP contribution in [0.4, 0.5) is 0 Å². The zero-order valence-corrected chi connectivity index (χ0v) is 45.2. The summed E-state index contributed by atoms with van der Waals surface area (Å²) in [6.07, 6.45) is -1.83. The van der Waals surface area contributed by atoms with Crippen LogP contribution in [0.15, 0.2) is 23.7 Å². The monoisotopic (exact) mass is 1160 g/mol. The first-order valence-corrected chi connectivity index (χ1v) is 25.6. The third-order valence-corrected chi connectivity index (χ3v) is 11.4. The molecule has 18 N–H and O–H groups in total. The van der Waals surface area contributed by atoms with Crippen molar-refractivity contribution < 1.29 is 107 Å². The molecule has 81 heavy (non-hydrogen) atoms. The molecule has 2 aliphatic rings. The lowest BCUT2D eigenvalue weighted by Gasteiger charge is -2.41. The van der Waals surface area contributed by atoms with Crippen molar-refractivity contribution in [1.82, 2.24) is 36.8 Å². The lowest BCUT2D eigenvalue weighted by atomic mass is 9.91. The van der Waals surface area contributed by atoms with E-state index in [0.717, 1.165) is 26.0 Å². The topological polar surface area (TPSA) is 499 Å². The minimum absolute atomic E-state index is 0.00583. The molecule has 2 heterocycles. The number of terminal acetylenes is 1. The lowest BCUT2D eigenvalue weighted by molar-refractivity contribution is -0.159. The van der Waals surface area contributed by atoms with Gasteiger partial charge in [-0.05, 0) is 25.0 Å². The molecule has 10 atom stereocenters. The zero-order chi connectivity index (χ0) is 60.3. The number of guanidine groups is 2. The first-order valence-electron chi connectivity index (χ1n) is 25.6. The molecule has 0 aromatic carbocycles. The van der Waals surface area contributed by atoms with Gasteiger partial charge in [0.15, 0.2) is 24.1 Å². The number of nitrogens with zero attached hydrogens (tertiary/aromatic N) is 1. The number of carboxylic acids is 2. The number of unbranched alkanes of at least 4 members (excludes halogenated alkanes) is 1. The number of nitrogens with one attached hydrogen (secondary N) is 8. The molecule has 33 nitrogen and oxygen atoms in total. The maximum atomic E-state index is 13.4. The van der Waals surface area contributed by atoms with Crippen molar-refractivity contribution in [3.8, 4) is 12.3 Å². The molecule has 0 aliphatic carbocycles. The van der Waals surface area contributed by atoms with E-state index >= 15 is 0 Å². The van der Waals surface area contributed by atoms with E-state index in [9.17, 15) is 64.2 Å². The molecule has 2 aliphatic heterocycles. The third-order valence-electron chi connectivity index (χ3n) is 11.4. The van der Waals surface area contributed by atoms with Crippen LogP contribution in [0.5, 0.6) is 0 Å². The van der Waals surface area contributed by atoms with Crippen LogP contribution in [-0.4, -0.2) is 268 Å². The summed E-state index contributed by atoms with van der Waals surface area (Å²) >= 11 is 0. The molecule has 0 aromatic heterocycles. The van der Waals surface area contributed by atoms with E-state index in [0.29, 0.717) is 39.3 Å². The zero-order valence-electron chi connectivity index (χ0n) is 45.2. The molecule has 0 fully saturated rings. The van der Waals surface area contributed by atoms with Crippen LogP contribution in [0.1, 0.15) is 33.1 Å². The van der Waals surface area contributed by atoms with Crippen LogP contribution in [0.25, 0.3) is 0 Å². The quantitative estimate of drug-likeness (QED) is 0.0117. The fraction of sp³-hybridized carbons (Fsp3) is 0.688. The van der Waals surface area contributed by atoms with E-state index < -0.39 is 146 Å². The number of carbonyl (C=O) groups excluding carboxylic acids is 5. The predicted molar refractivity (Wildman–Crippen MR) is 279 cm³/mol. The van der Waals surface area contributed by atoms with Crippen LogP contribution in [-0.2, 0) is 76.2 Å². The number of aliphatic hydroxyl groups excluding tert-OH is 4. The Bertz CT molecular complexity index is 2130. The van der Waals surface area contributed by atoms with Gasteiger partial charge in [-0.3, -0.25) is 34.8 Å². The summed E-state index contributed by atoms with van der Waals surface area (Å²) in [5.74, 6) is -6.16. The normalized spacial score (nSPS) is 19.9. The van der Waals surface area contributed by atoms with Crippen molar-refractivity contribution in [3.63, 3.8) is 0 Å². The van der Waals surface area contributed by atoms with Crippen molar-refractivity contribution >= 4 is 53.4 Å². The number of rotatable bonds is 42. The largest absolute Gasteiger partial charge is 0.478 e. The Balaban J connectivity index is 2.01. The van der Waals surface area contributed by atoms with Gasteiger partial charge in [-0.15, -0.1) is 6.42 Å². The van der Waals surface area contributed by atoms with Crippen molar-refractivity contribution in [2.75, 3.05) is 119 Å². The predicted octanol–water partition coefficient (Wildman–Crippen LogP) is -7.14. The minimum Gasteiger partial charge on any atom is -0.478 e. The number of carboxylic acid groups (broad SMARTS) is 2. The first-order chi connectivity index (χ1) is 38.6. The number of amides is 5. The van der Waals surface area contributed by atoms with Gasteiger partial charge < -0.3 is 122 Å². The number of nitrogens with two attached hydrogens (primary N) is 2. The Hall–Kier alpha value is -6.97. The average Bonchev–Trinajstić information content (AvgIpc) is 3.42. The van der Waals surface area contributed by atoms with E-state index in [1.165, 1.54) is 4.90 Å². The Labute approximate surface area is 467 Å². The number of ether oxygens (including phenoxy) is 9. The van der Waals surface area contributed by atoms with E-state index in [1.807, 2.05) is 0 Å². The van der Waals surface area contributed by atoms with Gasteiger partial charge in [0.2, 0.25) is 41.1 Å². The summed E-state index contributed by atoms with van der Waals surface area (Å²) in [6, 6.07) is -4.74. The molecule has 33 heteroatoms. The Morgan fingerprint density at radius 2 is 1.07 bits per heavy atom. The van der Waals surface area contributed by atoms with Crippen LogP contribution in [0.3, 0.4) is 0 Å². The molecule has 0 spiro atoms. The van der Waals surface area contributed by atoms with E-state index in [-0.39, 0.29) is 78.1 Å². The van der Waals surface area contributed by atoms with Crippen molar-refractivity contribution in [2.45, 2.75) is 93.9 Å². The summed E-state index contributed by atoms with van der Waals surface area (Å²) in [7, 11) is 0. The molecular weight excluding hydrogens is 1080 g/mol. The highest BCUT2D eigenvalue weighted by Gasteiger charge is 2.47. The fourth-order valence-corrected chi connectivity index (χ4v) is 7.85. The summed E-state index contributed by atoms with van der Waals surface area (Å²) in [5.41, 5.74) is 11.0. The molecular formula is C48H79N11O22. The van der Waals surface area contributed by atoms with E-state index in [4.69, 9.17) is 71.3 Å². The Morgan fingerprint density at radius 3 is 1.49 bits per heavy atom. The number of aliphatic hydroxyl groups is 4. The second-order valence-electron chi connectivity index (χ2n) is 17.8. The van der Waals surface area contributed by atoms with Gasteiger partial charge in [-0.1, -0.05) is 5.92 Å². The van der Waals surface area contributed by atoms with E-state index in [1.54, 1.807) is 0 Å². The Morgan fingerprint density at radius 1 is 0.642 bits per heavy atom. The van der Waals surface area contributed by atoms with Gasteiger partial charge in [-0.25, -0.2) is 9.59 Å². The summed E-state index contributed by atoms with van der Waals surface area (Å²) < 4.78 is 49.7. The molecule has 0 bridgehead atoms. The van der Waals surface area contributed by atoms with Crippen molar-refractivity contribution in [2.24, 2.45) is 11.5 Å². The van der Waals surface area contributed by atoms with Crippen LogP contribution in [0, 0.1) is 23.2 Å². The highest BCUT2D eigenvalue weighted by molar-refractivity contribution is 5.86. The summed E-state index contributed by atoms with van der Waals surface area (Å²) in [6.45, 7) is 1.26. The number of hydrogen-bond donors (Lipinski definition) is 16.